The van der Waals surface area contributed by atoms with Gasteiger partial charge < -0.3 is 13.4 Å². The molecule has 0 saturated carbocycles. The van der Waals surface area contributed by atoms with Crippen molar-refractivity contribution < 1.29 is 8.83 Å². The molecule has 5 heterocycles. The van der Waals surface area contributed by atoms with Crippen molar-refractivity contribution in [3.8, 4) is 45.5 Å². The number of furan rings is 2. The Hall–Kier alpha value is -9.33. The Morgan fingerprint density at radius 3 is 1.71 bits per heavy atom. The standard InChI is InChI=1S/C61H35N5O2/c1-2-17-37(18-3-1)59-62-60(47-26-15-31-54-55(47)46-24-9-13-30-53(46)67-54)64-61(63-59)66-50-28-11-7-22-42(50)45-33-32-44-41-21-6-10-27-49(41)65(56(44)57(45)66)51-35-38(40-25-14-19-36-16-4-5-20-39(36)40)34-48-43-23-8-12-29-52(43)68-58(48)51/h1-35H. The molecule has 0 aliphatic rings. The molecule has 0 unspecified atom stereocenters. The van der Waals surface area contributed by atoms with Gasteiger partial charge in [0.2, 0.25) is 5.95 Å². The molecule has 0 amide bonds. The molecule has 15 aromatic rings. The van der Waals surface area contributed by atoms with E-state index in [1.807, 2.05) is 54.6 Å². The predicted octanol–water partition coefficient (Wildman–Crippen LogP) is 16.0. The molecular weight excluding hydrogens is 835 g/mol. The molecule has 0 spiro atoms. The number of rotatable bonds is 5. The summed E-state index contributed by atoms with van der Waals surface area (Å²) < 4.78 is 18.1. The molecular formula is C61H35N5O2. The second kappa shape index (κ2) is 14.1. The van der Waals surface area contributed by atoms with Gasteiger partial charge in [0.05, 0.1) is 27.8 Å². The molecule has 0 aliphatic carbocycles. The predicted molar refractivity (Wildman–Crippen MR) is 277 cm³/mol. The van der Waals surface area contributed by atoms with Crippen LogP contribution in [-0.4, -0.2) is 24.1 Å². The van der Waals surface area contributed by atoms with Crippen LogP contribution in [0.5, 0.6) is 0 Å². The highest BCUT2D eigenvalue weighted by Gasteiger charge is 2.26. The van der Waals surface area contributed by atoms with Gasteiger partial charge in [0, 0.05) is 54.2 Å². The first-order valence-electron chi connectivity index (χ1n) is 22.9. The fraction of sp³-hybridized carbons (Fsp3) is 0. The third-order valence-corrected chi connectivity index (χ3v) is 13.8. The van der Waals surface area contributed by atoms with E-state index in [9.17, 15) is 0 Å². The van der Waals surface area contributed by atoms with E-state index >= 15 is 0 Å². The number of benzene rings is 10. The van der Waals surface area contributed by atoms with E-state index in [2.05, 4.69) is 167 Å². The number of para-hydroxylation sites is 4. The van der Waals surface area contributed by atoms with Crippen molar-refractivity contribution in [2.75, 3.05) is 0 Å². The summed E-state index contributed by atoms with van der Waals surface area (Å²) in [5.41, 5.74) is 12.2. The molecule has 68 heavy (non-hydrogen) atoms. The number of nitrogens with zero attached hydrogens (tertiary/aromatic N) is 5. The first kappa shape index (κ1) is 36.9. The highest BCUT2D eigenvalue weighted by Crippen LogP contribution is 2.46. The Morgan fingerprint density at radius 1 is 0.338 bits per heavy atom. The lowest BCUT2D eigenvalue weighted by molar-refractivity contribution is 0.666. The van der Waals surface area contributed by atoms with Crippen molar-refractivity contribution in [2.24, 2.45) is 0 Å². The summed E-state index contributed by atoms with van der Waals surface area (Å²) >= 11 is 0. The molecule has 0 N–H and O–H groups in total. The molecule has 10 aromatic carbocycles. The highest BCUT2D eigenvalue weighted by molar-refractivity contribution is 6.24. The quantitative estimate of drug-likeness (QED) is 0.172. The summed E-state index contributed by atoms with van der Waals surface area (Å²) in [7, 11) is 0. The van der Waals surface area contributed by atoms with Crippen LogP contribution >= 0.6 is 0 Å². The molecule has 5 aromatic heterocycles. The van der Waals surface area contributed by atoms with E-state index in [0.29, 0.717) is 17.6 Å². The smallest absolute Gasteiger partial charge is 0.238 e. The topological polar surface area (TPSA) is 74.8 Å². The van der Waals surface area contributed by atoms with Crippen LogP contribution in [0, 0.1) is 0 Å². The maximum atomic E-state index is 6.99. The summed E-state index contributed by atoms with van der Waals surface area (Å²) in [5.74, 6) is 1.63. The van der Waals surface area contributed by atoms with Gasteiger partial charge in [-0.2, -0.15) is 9.97 Å². The van der Waals surface area contributed by atoms with Crippen molar-refractivity contribution in [3.05, 3.63) is 212 Å². The minimum atomic E-state index is 0.507. The summed E-state index contributed by atoms with van der Waals surface area (Å²) in [6, 6.07) is 74.4. The zero-order valence-corrected chi connectivity index (χ0v) is 36.3. The van der Waals surface area contributed by atoms with Gasteiger partial charge in [0.1, 0.15) is 16.7 Å². The van der Waals surface area contributed by atoms with Crippen molar-refractivity contribution in [1.82, 2.24) is 24.1 Å². The lowest BCUT2D eigenvalue weighted by Gasteiger charge is -2.15. The Morgan fingerprint density at radius 2 is 0.912 bits per heavy atom. The monoisotopic (exact) mass is 869 g/mol. The molecule has 7 heteroatoms. The molecule has 0 bridgehead atoms. The van der Waals surface area contributed by atoms with Crippen LogP contribution in [0.15, 0.2) is 221 Å². The molecule has 0 saturated heterocycles. The summed E-state index contributed by atoms with van der Waals surface area (Å²) in [5, 5.41) is 10.9. The second-order valence-electron chi connectivity index (χ2n) is 17.5. The fourth-order valence-electron chi connectivity index (χ4n) is 10.8. The highest BCUT2D eigenvalue weighted by atomic mass is 16.3. The van der Waals surface area contributed by atoms with E-state index in [0.717, 1.165) is 115 Å². The molecule has 0 atom stereocenters. The fourth-order valence-corrected chi connectivity index (χ4v) is 10.8. The Labute approximate surface area is 387 Å². The maximum Gasteiger partial charge on any atom is 0.238 e. The van der Waals surface area contributed by atoms with Gasteiger partial charge in [-0.15, -0.1) is 0 Å². The Bertz CT molecular complexity index is 4570. The number of fused-ring (bicyclic) bond motifs is 14. The van der Waals surface area contributed by atoms with Crippen LogP contribution in [0.2, 0.25) is 0 Å². The lowest BCUT2D eigenvalue weighted by Crippen LogP contribution is -2.07. The zero-order chi connectivity index (χ0) is 44.5. The van der Waals surface area contributed by atoms with Gasteiger partial charge in [-0.1, -0.05) is 170 Å². The number of hydrogen-bond acceptors (Lipinski definition) is 5. The van der Waals surface area contributed by atoms with Crippen molar-refractivity contribution >= 4 is 98.3 Å². The van der Waals surface area contributed by atoms with Crippen LogP contribution < -0.4 is 0 Å². The van der Waals surface area contributed by atoms with Crippen LogP contribution in [0.3, 0.4) is 0 Å². The van der Waals surface area contributed by atoms with Crippen LogP contribution in [-0.2, 0) is 0 Å². The molecule has 15 rings (SSSR count). The number of hydrogen-bond donors (Lipinski definition) is 0. The normalized spacial score (nSPS) is 12.1. The van der Waals surface area contributed by atoms with Gasteiger partial charge in [-0.25, -0.2) is 4.98 Å². The van der Waals surface area contributed by atoms with Gasteiger partial charge in [0.15, 0.2) is 17.2 Å². The molecule has 7 nitrogen and oxygen atoms in total. The molecule has 0 aliphatic heterocycles. The van der Waals surface area contributed by atoms with Gasteiger partial charge in [-0.05, 0) is 64.4 Å². The minimum Gasteiger partial charge on any atom is -0.456 e. The van der Waals surface area contributed by atoms with E-state index < -0.39 is 0 Å². The average molecular weight is 870 g/mol. The van der Waals surface area contributed by atoms with E-state index in [-0.39, 0.29) is 0 Å². The number of aromatic nitrogens is 5. The summed E-state index contributed by atoms with van der Waals surface area (Å²) in [6.45, 7) is 0. The van der Waals surface area contributed by atoms with Gasteiger partial charge in [-0.3, -0.25) is 4.57 Å². The van der Waals surface area contributed by atoms with Crippen molar-refractivity contribution in [2.45, 2.75) is 0 Å². The SMILES string of the molecule is c1ccc(-c2nc(-c3cccc4oc5ccccc5c34)nc(-n3c4ccccc4c4ccc5c6ccccc6n(-c6cc(-c7cccc8ccccc78)cc7c6oc6ccccc67)c5c43)n2)cc1. The van der Waals surface area contributed by atoms with Crippen LogP contribution in [0.4, 0.5) is 0 Å². The first-order valence-corrected chi connectivity index (χ1v) is 22.9. The van der Waals surface area contributed by atoms with E-state index in [1.54, 1.807) is 0 Å². The third-order valence-electron chi connectivity index (χ3n) is 13.8. The molecule has 0 fully saturated rings. The second-order valence-corrected chi connectivity index (χ2v) is 17.5. The van der Waals surface area contributed by atoms with Gasteiger partial charge >= 0.3 is 0 Å². The van der Waals surface area contributed by atoms with Crippen molar-refractivity contribution in [1.29, 1.82) is 0 Å². The third kappa shape index (κ3) is 5.26. The summed E-state index contributed by atoms with van der Waals surface area (Å²) in [4.78, 5) is 16.2. The van der Waals surface area contributed by atoms with E-state index in [1.165, 1.54) is 10.8 Å². The summed E-state index contributed by atoms with van der Waals surface area (Å²) in [6.07, 6.45) is 0. The minimum absolute atomic E-state index is 0.507. The lowest BCUT2D eigenvalue weighted by atomic mass is 9.96. The average Bonchev–Trinajstić information content (AvgIpc) is 4.16. The first-order chi connectivity index (χ1) is 33.7. The largest absolute Gasteiger partial charge is 0.456 e. The molecule has 316 valence electrons. The van der Waals surface area contributed by atoms with E-state index in [4.69, 9.17) is 23.8 Å². The molecule has 0 radical (unpaired) electrons. The van der Waals surface area contributed by atoms with Gasteiger partial charge in [0.25, 0.3) is 0 Å². The zero-order valence-electron chi connectivity index (χ0n) is 36.3. The Kier molecular flexibility index (Phi) is 7.65. The van der Waals surface area contributed by atoms with Crippen LogP contribution in [0.1, 0.15) is 0 Å². The van der Waals surface area contributed by atoms with Crippen molar-refractivity contribution in [3.63, 3.8) is 0 Å². The van der Waals surface area contributed by atoms with Crippen LogP contribution in [0.25, 0.3) is 144 Å². The Balaban J connectivity index is 1.10. The maximum absolute atomic E-state index is 6.99.